The third-order valence-corrected chi connectivity index (χ3v) is 2.81. The SMILES string of the molecule is COC(=O)c1ccc(CNC(=O)CCC(C)C)cc1. The fraction of sp³-hybridized carbons (Fsp3) is 0.467. The summed E-state index contributed by atoms with van der Waals surface area (Å²) in [5, 5.41) is 2.86. The van der Waals surface area contributed by atoms with Crippen molar-refractivity contribution in [3.8, 4) is 0 Å². The zero-order valence-corrected chi connectivity index (χ0v) is 11.7. The normalized spacial score (nSPS) is 10.3. The van der Waals surface area contributed by atoms with E-state index < -0.39 is 0 Å². The van der Waals surface area contributed by atoms with E-state index in [1.807, 2.05) is 12.1 Å². The van der Waals surface area contributed by atoms with E-state index >= 15 is 0 Å². The summed E-state index contributed by atoms with van der Waals surface area (Å²) in [6, 6.07) is 7.02. The predicted molar refractivity (Wildman–Crippen MR) is 73.7 cm³/mol. The minimum Gasteiger partial charge on any atom is -0.465 e. The van der Waals surface area contributed by atoms with Crippen molar-refractivity contribution >= 4 is 11.9 Å². The van der Waals surface area contributed by atoms with Gasteiger partial charge in [0.15, 0.2) is 0 Å². The zero-order chi connectivity index (χ0) is 14.3. The molecule has 0 aliphatic rings. The molecule has 0 aromatic heterocycles. The molecule has 4 nitrogen and oxygen atoms in total. The van der Waals surface area contributed by atoms with Crippen molar-refractivity contribution < 1.29 is 14.3 Å². The molecule has 1 N–H and O–H groups in total. The largest absolute Gasteiger partial charge is 0.465 e. The number of carbonyl (C=O) groups excluding carboxylic acids is 2. The van der Waals surface area contributed by atoms with Gasteiger partial charge in [-0.15, -0.1) is 0 Å². The molecule has 0 saturated heterocycles. The van der Waals surface area contributed by atoms with Crippen molar-refractivity contribution in [3.63, 3.8) is 0 Å². The van der Waals surface area contributed by atoms with E-state index in [1.165, 1.54) is 7.11 Å². The highest BCUT2D eigenvalue weighted by atomic mass is 16.5. The summed E-state index contributed by atoms with van der Waals surface area (Å²) in [7, 11) is 1.35. The highest BCUT2D eigenvalue weighted by Crippen LogP contribution is 2.06. The Morgan fingerprint density at radius 1 is 1.21 bits per heavy atom. The van der Waals surface area contributed by atoms with E-state index in [2.05, 4.69) is 23.9 Å². The first-order valence-electron chi connectivity index (χ1n) is 6.47. The summed E-state index contributed by atoms with van der Waals surface area (Å²) in [5.41, 5.74) is 1.47. The van der Waals surface area contributed by atoms with Gasteiger partial charge in [0.25, 0.3) is 0 Å². The van der Waals surface area contributed by atoms with Gasteiger partial charge < -0.3 is 10.1 Å². The molecule has 0 bridgehead atoms. The molecule has 1 aromatic rings. The van der Waals surface area contributed by atoms with Gasteiger partial charge >= 0.3 is 5.97 Å². The van der Waals surface area contributed by atoms with E-state index in [9.17, 15) is 9.59 Å². The lowest BCUT2D eigenvalue weighted by molar-refractivity contribution is -0.121. The maximum Gasteiger partial charge on any atom is 0.337 e. The van der Waals surface area contributed by atoms with Gasteiger partial charge in [0.2, 0.25) is 5.91 Å². The Hall–Kier alpha value is -1.84. The number of nitrogens with one attached hydrogen (secondary N) is 1. The number of methoxy groups -OCH3 is 1. The van der Waals surface area contributed by atoms with Crippen LogP contribution in [0, 0.1) is 5.92 Å². The molecule has 19 heavy (non-hydrogen) atoms. The second kappa shape index (κ2) is 7.56. The van der Waals surface area contributed by atoms with Gasteiger partial charge in [-0.3, -0.25) is 4.79 Å². The highest BCUT2D eigenvalue weighted by Gasteiger charge is 2.06. The molecule has 0 aliphatic heterocycles. The Morgan fingerprint density at radius 2 is 1.84 bits per heavy atom. The van der Waals surface area contributed by atoms with Crippen molar-refractivity contribution in [2.45, 2.75) is 33.2 Å². The number of carbonyl (C=O) groups is 2. The summed E-state index contributed by atoms with van der Waals surface area (Å²) in [6.45, 7) is 4.68. The number of benzene rings is 1. The standard InChI is InChI=1S/C15H21NO3/c1-11(2)4-9-14(17)16-10-12-5-7-13(8-6-12)15(18)19-3/h5-8,11H,4,9-10H2,1-3H3,(H,16,17). The molecule has 1 rings (SSSR count). The van der Waals surface area contributed by atoms with Gasteiger partial charge in [0.1, 0.15) is 0 Å². The number of hydrogen-bond donors (Lipinski definition) is 1. The third kappa shape index (κ3) is 5.55. The second-order valence-corrected chi connectivity index (χ2v) is 4.90. The first-order valence-corrected chi connectivity index (χ1v) is 6.47. The van der Waals surface area contributed by atoms with Gasteiger partial charge in [-0.1, -0.05) is 26.0 Å². The molecule has 0 heterocycles. The zero-order valence-electron chi connectivity index (χ0n) is 11.7. The average Bonchev–Trinajstić information content (AvgIpc) is 2.42. The van der Waals surface area contributed by atoms with Crippen molar-refractivity contribution in [1.82, 2.24) is 5.32 Å². The summed E-state index contributed by atoms with van der Waals surface area (Å²) in [5.74, 6) is 0.239. The van der Waals surface area contributed by atoms with E-state index in [0.717, 1.165) is 12.0 Å². The molecule has 1 amide bonds. The molecule has 0 atom stereocenters. The second-order valence-electron chi connectivity index (χ2n) is 4.90. The van der Waals surface area contributed by atoms with Crippen molar-refractivity contribution in [3.05, 3.63) is 35.4 Å². The Balaban J connectivity index is 2.41. The van der Waals surface area contributed by atoms with Gasteiger partial charge in [0, 0.05) is 13.0 Å². The van der Waals surface area contributed by atoms with E-state index in [1.54, 1.807) is 12.1 Å². The molecule has 0 fully saturated rings. The van der Waals surface area contributed by atoms with E-state index in [4.69, 9.17) is 0 Å². The molecular formula is C15H21NO3. The van der Waals surface area contributed by atoms with Crippen LogP contribution in [0.4, 0.5) is 0 Å². The van der Waals surface area contributed by atoms with Crippen LogP contribution >= 0.6 is 0 Å². The molecule has 0 unspecified atom stereocenters. The quantitative estimate of drug-likeness (QED) is 0.802. The van der Waals surface area contributed by atoms with Crippen LogP contribution in [0.3, 0.4) is 0 Å². The Bertz CT molecular complexity index is 424. The van der Waals surface area contributed by atoms with E-state index in [0.29, 0.717) is 24.4 Å². The molecule has 104 valence electrons. The maximum absolute atomic E-state index is 11.6. The minimum atomic E-state index is -0.354. The molecule has 0 spiro atoms. The van der Waals surface area contributed by atoms with E-state index in [-0.39, 0.29) is 11.9 Å². The van der Waals surface area contributed by atoms with Crippen LogP contribution in [-0.4, -0.2) is 19.0 Å². The van der Waals surface area contributed by atoms with Crippen LogP contribution < -0.4 is 5.32 Å². The Labute approximate surface area is 114 Å². The van der Waals surface area contributed by atoms with Crippen LogP contribution in [-0.2, 0) is 16.1 Å². The monoisotopic (exact) mass is 263 g/mol. The van der Waals surface area contributed by atoms with Crippen molar-refractivity contribution in [2.75, 3.05) is 7.11 Å². The third-order valence-electron chi connectivity index (χ3n) is 2.81. The Morgan fingerprint density at radius 3 is 2.37 bits per heavy atom. The van der Waals surface area contributed by atoms with Crippen LogP contribution in [0.1, 0.15) is 42.6 Å². The fourth-order valence-electron chi connectivity index (χ4n) is 1.59. The lowest BCUT2D eigenvalue weighted by Gasteiger charge is -2.07. The number of ether oxygens (including phenoxy) is 1. The smallest absolute Gasteiger partial charge is 0.337 e. The summed E-state index contributed by atoms with van der Waals surface area (Å²) >= 11 is 0. The van der Waals surface area contributed by atoms with Crippen LogP contribution in [0.25, 0.3) is 0 Å². The average molecular weight is 263 g/mol. The van der Waals surface area contributed by atoms with Crippen LogP contribution in [0.2, 0.25) is 0 Å². The van der Waals surface area contributed by atoms with Gasteiger partial charge in [-0.05, 0) is 30.0 Å². The number of esters is 1. The molecule has 4 heteroatoms. The predicted octanol–water partition coefficient (Wildman–Crippen LogP) is 2.53. The first-order chi connectivity index (χ1) is 9.02. The topological polar surface area (TPSA) is 55.4 Å². The molecular weight excluding hydrogens is 242 g/mol. The molecule has 0 radical (unpaired) electrons. The summed E-state index contributed by atoms with van der Waals surface area (Å²) in [6.07, 6.45) is 1.45. The fourth-order valence-corrected chi connectivity index (χ4v) is 1.59. The van der Waals surface area contributed by atoms with Gasteiger partial charge in [0.05, 0.1) is 12.7 Å². The summed E-state index contributed by atoms with van der Waals surface area (Å²) < 4.78 is 4.62. The van der Waals surface area contributed by atoms with Gasteiger partial charge in [-0.2, -0.15) is 0 Å². The minimum absolute atomic E-state index is 0.0609. The number of rotatable bonds is 6. The van der Waals surface area contributed by atoms with Crippen LogP contribution in [0.15, 0.2) is 24.3 Å². The lowest BCUT2D eigenvalue weighted by Crippen LogP contribution is -2.22. The van der Waals surface area contributed by atoms with Gasteiger partial charge in [-0.25, -0.2) is 4.79 Å². The number of amides is 1. The van der Waals surface area contributed by atoms with Crippen LogP contribution in [0.5, 0.6) is 0 Å². The summed E-state index contributed by atoms with van der Waals surface area (Å²) in [4.78, 5) is 22.8. The van der Waals surface area contributed by atoms with Crippen molar-refractivity contribution in [2.24, 2.45) is 5.92 Å². The molecule has 0 saturated carbocycles. The molecule has 1 aromatic carbocycles. The van der Waals surface area contributed by atoms with Crippen molar-refractivity contribution in [1.29, 1.82) is 0 Å². The first kappa shape index (κ1) is 15.2. The number of hydrogen-bond acceptors (Lipinski definition) is 3. The molecule has 0 aliphatic carbocycles. The lowest BCUT2D eigenvalue weighted by atomic mass is 10.1. The highest BCUT2D eigenvalue weighted by molar-refractivity contribution is 5.89. The maximum atomic E-state index is 11.6. The Kier molecular flexibility index (Phi) is 6.06.